The van der Waals surface area contributed by atoms with E-state index in [1.807, 2.05) is 6.92 Å². The molecule has 2 atom stereocenters. The van der Waals surface area contributed by atoms with Crippen LogP contribution in [0.25, 0.3) is 0 Å². The van der Waals surface area contributed by atoms with Crippen molar-refractivity contribution in [1.29, 1.82) is 0 Å². The lowest BCUT2D eigenvalue weighted by Gasteiger charge is -2.32. The van der Waals surface area contributed by atoms with Crippen LogP contribution >= 0.6 is 0 Å². The summed E-state index contributed by atoms with van der Waals surface area (Å²) in [4.78, 5) is 14.3. The molecule has 2 heteroatoms. The Morgan fingerprint density at radius 3 is 2.50 bits per heavy atom. The minimum absolute atomic E-state index is 0.244. The average Bonchev–Trinajstić information content (AvgIpc) is 2.71. The zero-order valence-electron chi connectivity index (χ0n) is 10.7. The number of nitrogens with zero attached hydrogens (tertiary/aromatic N) is 1. The normalized spacial score (nSPS) is 33.1. The van der Waals surface area contributed by atoms with Crippen molar-refractivity contribution in [2.75, 3.05) is 13.6 Å². The van der Waals surface area contributed by atoms with E-state index in [9.17, 15) is 4.79 Å². The van der Waals surface area contributed by atoms with Gasteiger partial charge in [-0.2, -0.15) is 0 Å². The zero-order chi connectivity index (χ0) is 11.5. The molecule has 1 saturated heterocycles. The molecule has 16 heavy (non-hydrogen) atoms. The highest BCUT2D eigenvalue weighted by molar-refractivity contribution is 5.84. The number of carbonyl (C=O) groups is 1. The molecule has 0 aromatic heterocycles. The summed E-state index contributed by atoms with van der Waals surface area (Å²) in [6, 6.07) is 0.244. The van der Waals surface area contributed by atoms with Gasteiger partial charge in [0, 0.05) is 6.42 Å². The van der Waals surface area contributed by atoms with Crippen LogP contribution in [0.15, 0.2) is 0 Å². The largest absolute Gasteiger partial charge is 0.298 e. The smallest absolute Gasteiger partial charge is 0.149 e. The summed E-state index contributed by atoms with van der Waals surface area (Å²) in [5, 5.41) is 0. The Labute approximate surface area is 99.4 Å². The van der Waals surface area contributed by atoms with E-state index >= 15 is 0 Å². The fraction of sp³-hybridized carbons (Fsp3) is 0.929. The topological polar surface area (TPSA) is 20.3 Å². The van der Waals surface area contributed by atoms with Gasteiger partial charge in [-0.1, -0.05) is 39.0 Å². The highest BCUT2D eigenvalue weighted by Crippen LogP contribution is 2.38. The molecular formula is C14H25NO. The van der Waals surface area contributed by atoms with Crippen LogP contribution in [0.2, 0.25) is 0 Å². The Hall–Kier alpha value is -0.370. The Kier molecular flexibility index (Phi) is 4.01. The number of hydrogen-bond acceptors (Lipinski definition) is 2. The SMILES string of the molecule is CCC(=O)C1C(C2CCCCC2)CCN1C. The van der Waals surface area contributed by atoms with Gasteiger partial charge in [0.2, 0.25) is 0 Å². The molecule has 2 nitrogen and oxygen atoms in total. The van der Waals surface area contributed by atoms with Crippen molar-refractivity contribution in [1.82, 2.24) is 4.90 Å². The number of carbonyl (C=O) groups excluding carboxylic acids is 1. The molecule has 0 bridgehead atoms. The Bertz CT molecular complexity index is 245. The number of likely N-dealkylation sites (tertiary alicyclic amines) is 1. The van der Waals surface area contributed by atoms with Crippen LogP contribution < -0.4 is 0 Å². The van der Waals surface area contributed by atoms with Gasteiger partial charge in [0.15, 0.2) is 0 Å². The van der Waals surface area contributed by atoms with Crippen molar-refractivity contribution < 1.29 is 4.79 Å². The molecule has 0 radical (unpaired) electrons. The number of ketones is 1. The van der Waals surface area contributed by atoms with Gasteiger partial charge in [-0.25, -0.2) is 0 Å². The van der Waals surface area contributed by atoms with Crippen LogP contribution in [0.4, 0.5) is 0 Å². The van der Waals surface area contributed by atoms with E-state index < -0.39 is 0 Å². The van der Waals surface area contributed by atoms with E-state index in [1.54, 1.807) is 0 Å². The average molecular weight is 223 g/mol. The lowest BCUT2D eigenvalue weighted by Crippen LogP contribution is -2.39. The molecule has 0 amide bonds. The minimum atomic E-state index is 0.244. The summed E-state index contributed by atoms with van der Waals surface area (Å²) in [5.41, 5.74) is 0. The molecule has 2 rings (SSSR count). The van der Waals surface area contributed by atoms with Crippen LogP contribution in [-0.2, 0) is 4.79 Å². The molecule has 2 fully saturated rings. The fourth-order valence-corrected chi connectivity index (χ4v) is 3.73. The highest BCUT2D eigenvalue weighted by atomic mass is 16.1. The fourth-order valence-electron chi connectivity index (χ4n) is 3.73. The summed E-state index contributed by atoms with van der Waals surface area (Å²) >= 11 is 0. The van der Waals surface area contributed by atoms with Gasteiger partial charge in [-0.15, -0.1) is 0 Å². The molecular weight excluding hydrogens is 198 g/mol. The van der Waals surface area contributed by atoms with Gasteiger partial charge in [-0.3, -0.25) is 9.69 Å². The molecule has 0 aromatic carbocycles. The maximum atomic E-state index is 12.0. The molecule has 1 aliphatic heterocycles. The van der Waals surface area contributed by atoms with E-state index in [0.717, 1.165) is 12.5 Å². The number of likely N-dealkylation sites (N-methyl/N-ethyl adjacent to an activating group) is 1. The van der Waals surface area contributed by atoms with Gasteiger partial charge in [-0.05, 0) is 31.8 Å². The monoisotopic (exact) mass is 223 g/mol. The van der Waals surface area contributed by atoms with Gasteiger partial charge in [0.1, 0.15) is 5.78 Å². The first-order chi connectivity index (χ1) is 7.74. The third kappa shape index (κ3) is 2.32. The predicted molar refractivity (Wildman–Crippen MR) is 66.4 cm³/mol. The first-order valence-corrected chi connectivity index (χ1v) is 6.97. The van der Waals surface area contributed by atoms with Crippen LogP contribution in [0.5, 0.6) is 0 Å². The maximum absolute atomic E-state index is 12.0. The lowest BCUT2D eigenvalue weighted by molar-refractivity contribution is -0.124. The maximum Gasteiger partial charge on any atom is 0.149 e. The van der Waals surface area contributed by atoms with Crippen LogP contribution in [-0.4, -0.2) is 30.3 Å². The Balaban J connectivity index is 2.04. The molecule has 0 aromatic rings. The molecule has 2 unspecified atom stereocenters. The van der Waals surface area contributed by atoms with E-state index in [0.29, 0.717) is 18.1 Å². The van der Waals surface area contributed by atoms with Crippen molar-refractivity contribution >= 4 is 5.78 Å². The van der Waals surface area contributed by atoms with Crippen molar-refractivity contribution in [3.63, 3.8) is 0 Å². The van der Waals surface area contributed by atoms with Crippen LogP contribution in [0.3, 0.4) is 0 Å². The van der Waals surface area contributed by atoms with E-state index in [-0.39, 0.29) is 6.04 Å². The van der Waals surface area contributed by atoms with Crippen molar-refractivity contribution in [2.24, 2.45) is 11.8 Å². The van der Waals surface area contributed by atoms with Crippen molar-refractivity contribution in [2.45, 2.75) is 57.9 Å². The van der Waals surface area contributed by atoms with Crippen molar-refractivity contribution in [3.05, 3.63) is 0 Å². The lowest BCUT2D eigenvalue weighted by atomic mass is 9.75. The van der Waals surface area contributed by atoms with E-state index in [2.05, 4.69) is 11.9 Å². The summed E-state index contributed by atoms with van der Waals surface area (Å²) < 4.78 is 0. The van der Waals surface area contributed by atoms with Crippen LogP contribution in [0.1, 0.15) is 51.9 Å². The van der Waals surface area contributed by atoms with Gasteiger partial charge < -0.3 is 0 Å². The summed E-state index contributed by atoms with van der Waals surface area (Å²) in [6.45, 7) is 3.13. The molecule has 1 saturated carbocycles. The highest BCUT2D eigenvalue weighted by Gasteiger charge is 2.40. The predicted octanol–water partition coefficient (Wildman–Crippen LogP) is 2.87. The quantitative estimate of drug-likeness (QED) is 0.733. The molecule has 0 spiro atoms. The van der Waals surface area contributed by atoms with Crippen molar-refractivity contribution in [3.8, 4) is 0 Å². The Morgan fingerprint density at radius 2 is 1.88 bits per heavy atom. The standard InChI is InChI=1S/C14H25NO/c1-3-13(16)14-12(9-10-15(14)2)11-7-5-4-6-8-11/h11-12,14H,3-10H2,1-2H3. The third-order valence-electron chi connectivity index (χ3n) is 4.63. The molecule has 1 aliphatic carbocycles. The second-order valence-corrected chi connectivity index (χ2v) is 5.60. The third-order valence-corrected chi connectivity index (χ3v) is 4.63. The second-order valence-electron chi connectivity index (χ2n) is 5.60. The van der Waals surface area contributed by atoms with Gasteiger partial charge in [0.05, 0.1) is 6.04 Å². The first-order valence-electron chi connectivity index (χ1n) is 6.97. The van der Waals surface area contributed by atoms with E-state index in [1.165, 1.54) is 38.5 Å². The molecule has 1 heterocycles. The summed E-state index contributed by atoms with van der Waals surface area (Å²) in [6.07, 6.45) is 8.87. The number of Topliss-reactive ketones (excluding diaryl/α,β-unsaturated/α-hetero) is 1. The summed E-state index contributed by atoms with van der Waals surface area (Å²) in [7, 11) is 2.13. The van der Waals surface area contributed by atoms with E-state index in [4.69, 9.17) is 0 Å². The van der Waals surface area contributed by atoms with Gasteiger partial charge in [0.25, 0.3) is 0 Å². The Morgan fingerprint density at radius 1 is 1.19 bits per heavy atom. The zero-order valence-corrected chi connectivity index (χ0v) is 10.7. The number of rotatable bonds is 3. The second kappa shape index (κ2) is 5.31. The van der Waals surface area contributed by atoms with Gasteiger partial charge >= 0.3 is 0 Å². The summed E-state index contributed by atoms with van der Waals surface area (Å²) in [5.74, 6) is 1.97. The molecule has 0 N–H and O–H groups in total. The molecule has 2 aliphatic rings. The molecule has 92 valence electrons. The van der Waals surface area contributed by atoms with Crippen LogP contribution in [0, 0.1) is 11.8 Å². The first kappa shape index (κ1) is 12.1. The minimum Gasteiger partial charge on any atom is -0.298 e. The number of hydrogen-bond donors (Lipinski definition) is 0.